The Morgan fingerprint density at radius 2 is 1.85 bits per heavy atom. The van der Waals surface area contributed by atoms with Gasteiger partial charge in [0, 0.05) is 28.9 Å². The van der Waals surface area contributed by atoms with Crippen molar-refractivity contribution in [1.29, 1.82) is 0 Å². The molecule has 0 aromatic heterocycles. The second kappa shape index (κ2) is 6.76. The lowest BCUT2D eigenvalue weighted by Crippen LogP contribution is -2.56. The Morgan fingerprint density at radius 3 is 2.63 bits per heavy atom. The second-order valence-electron chi connectivity index (χ2n) is 11.3. The summed E-state index contributed by atoms with van der Waals surface area (Å²) in [6, 6.07) is 0. The second-order valence-corrected chi connectivity index (χ2v) is 12.9. The third kappa shape index (κ3) is 2.88. The number of fused-ring (bicyclic) bond motifs is 5. The van der Waals surface area contributed by atoms with Crippen molar-refractivity contribution in [3.8, 4) is 0 Å². The van der Waals surface area contributed by atoms with Crippen LogP contribution >= 0.6 is 11.8 Å². The van der Waals surface area contributed by atoms with Gasteiger partial charge in [0.15, 0.2) is 0 Å². The normalized spacial score (nSPS) is 55.1. The van der Waals surface area contributed by atoms with Crippen LogP contribution in [0.2, 0.25) is 0 Å². The maximum atomic E-state index is 12.7. The largest absolute Gasteiger partial charge is 0.316 e. The number of hydrogen-bond acceptors (Lipinski definition) is 3. The van der Waals surface area contributed by atoms with Crippen molar-refractivity contribution in [1.82, 2.24) is 5.32 Å². The van der Waals surface area contributed by atoms with Crippen LogP contribution in [0.3, 0.4) is 0 Å². The number of carbonyl (C=O) groups excluding carboxylic acids is 1. The monoisotopic (exact) mass is 389 g/mol. The predicted molar refractivity (Wildman–Crippen MR) is 114 cm³/mol. The molecule has 0 aromatic carbocycles. The van der Waals surface area contributed by atoms with E-state index in [1.807, 2.05) is 0 Å². The average Bonchev–Trinajstić information content (AvgIpc) is 3.25. The zero-order chi connectivity index (χ0) is 18.8. The summed E-state index contributed by atoms with van der Waals surface area (Å²) in [6.45, 7) is 10.00. The van der Waals surface area contributed by atoms with E-state index in [1.165, 1.54) is 64.5 Å². The van der Waals surface area contributed by atoms with Gasteiger partial charge in [-0.15, -0.1) is 0 Å². The smallest absolute Gasteiger partial charge is 0.139 e. The molecule has 1 saturated heterocycles. The number of rotatable bonds is 2. The zero-order valence-corrected chi connectivity index (χ0v) is 18.5. The van der Waals surface area contributed by atoms with E-state index in [9.17, 15) is 4.79 Å². The average molecular weight is 390 g/mol. The molecule has 5 aliphatic rings. The number of ketones is 1. The Hall–Kier alpha value is -0.0200. The van der Waals surface area contributed by atoms with Crippen LogP contribution in [0.1, 0.15) is 78.6 Å². The van der Waals surface area contributed by atoms with E-state index < -0.39 is 0 Å². The fraction of sp³-hybridized carbons (Fsp3) is 0.958. The summed E-state index contributed by atoms with van der Waals surface area (Å²) in [6.07, 6.45) is 11.7. The molecule has 0 radical (unpaired) electrons. The Morgan fingerprint density at radius 1 is 1.00 bits per heavy atom. The van der Waals surface area contributed by atoms with Crippen LogP contribution in [-0.2, 0) is 4.79 Å². The SMILES string of the molecule is C[C@@H]1CC2C[C@H](S[C@@H]3CCNC3)CC[C@]2(C)[C@H]2CC[C@]3(C)C(=O)CC[C@H]3[C@H]12. The third-order valence-electron chi connectivity index (χ3n) is 10.1. The highest BCUT2D eigenvalue weighted by Crippen LogP contribution is 2.67. The summed E-state index contributed by atoms with van der Waals surface area (Å²) in [5.74, 6) is 4.73. The summed E-state index contributed by atoms with van der Waals surface area (Å²) in [7, 11) is 0. The van der Waals surface area contributed by atoms with E-state index in [-0.39, 0.29) is 5.41 Å². The van der Waals surface area contributed by atoms with Gasteiger partial charge >= 0.3 is 0 Å². The molecule has 4 aliphatic carbocycles. The molecule has 4 saturated carbocycles. The highest BCUT2D eigenvalue weighted by atomic mass is 32.2. The summed E-state index contributed by atoms with van der Waals surface area (Å²) < 4.78 is 0. The first-order valence-corrected chi connectivity index (χ1v) is 12.8. The summed E-state index contributed by atoms with van der Waals surface area (Å²) in [5.41, 5.74) is 0.580. The van der Waals surface area contributed by atoms with Gasteiger partial charge in [0.2, 0.25) is 0 Å². The topological polar surface area (TPSA) is 29.1 Å². The molecular formula is C24H39NOS. The lowest BCUT2D eigenvalue weighted by molar-refractivity contribution is -0.146. The summed E-state index contributed by atoms with van der Waals surface area (Å²) in [4.78, 5) is 12.7. The maximum Gasteiger partial charge on any atom is 0.139 e. The molecule has 0 aromatic rings. The quantitative estimate of drug-likeness (QED) is 0.694. The van der Waals surface area contributed by atoms with E-state index >= 15 is 0 Å². The van der Waals surface area contributed by atoms with E-state index in [0.717, 1.165) is 40.6 Å². The van der Waals surface area contributed by atoms with Gasteiger partial charge < -0.3 is 5.32 Å². The number of Topliss-reactive ketones (excluding diaryl/α,β-unsaturated/α-hetero) is 1. The van der Waals surface area contributed by atoms with Crippen molar-refractivity contribution in [3.05, 3.63) is 0 Å². The van der Waals surface area contributed by atoms with Crippen LogP contribution in [0.4, 0.5) is 0 Å². The van der Waals surface area contributed by atoms with Crippen LogP contribution in [0, 0.1) is 40.4 Å². The Balaban J connectivity index is 1.34. The molecule has 9 atom stereocenters. The molecule has 1 unspecified atom stereocenters. The van der Waals surface area contributed by atoms with Gasteiger partial charge in [-0.05, 0) is 92.9 Å². The first-order valence-electron chi connectivity index (χ1n) is 11.8. The van der Waals surface area contributed by atoms with Gasteiger partial charge in [0.25, 0.3) is 0 Å². The summed E-state index contributed by atoms with van der Waals surface area (Å²) in [5, 5.41) is 5.32. The van der Waals surface area contributed by atoms with Crippen LogP contribution < -0.4 is 5.32 Å². The molecule has 152 valence electrons. The molecule has 0 spiro atoms. The van der Waals surface area contributed by atoms with Crippen molar-refractivity contribution < 1.29 is 4.79 Å². The first kappa shape index (κ1) is 19.0. The van der Waals surface area contributed by atoms with Gasteiger partial charge in [-0.25, -0.2) is 0 Å². The molecule has 3 heteroatoms. The highest BCUT2D eigenvalue weighted by Gasteiger charge is 2.61. The van der Waals surface area contributed by atoms with E-state index in [0.29, 0.717) is 17.1 Å². The lowest BCUT2D eigenvalue weighted by atomic mass is 9.43. The molecule has 1 aliphatic heterocycles. The highest BCUT2D eigenvalue weighted by molar-refractivity contribution is 8.00. The zero-order valence-electron chi connectivity index (χ0n) is 17.6. The van der Waals surface area contributed by atoms with Crippen LogP contribution in [0.5, 0.6) is 0 Å². The first-order chi connectivity index (χ1) is 12.9. The number of carbonyl (C=O) groups is 1. The third-order valence-corrected chi connectivity index (χ3v) is 11.7. The number of nitrogens with one attached hydrogen (secondary N) is 1. The molecule has 5 rings (SSSR count). The minimum absolute atomic E-state index is 0.0289. The minimum atomic E-state index is 0.0289. The van der Waals surface area contributed by atoms with Gasteiger partial charge in [-0.1, -0.05) is 20.8 Å². The van der Waals surface area contributed by atoms with Gasteiger partial charge in [0.05, 0.1) is 0 Å². The van der Waals surface area contributed by atoms with Crippen LogP contribution in [-0.4, -0.2) is 29.4 Å². The molecule has 5 fully saturated rings. The Labute approximate surface area is 170 Å². The van der Waals surface area contributed by atoms with Gasteiger partial charge in [-0.3, -0.25) is 4.79 Å². The number of hydrogen-bond donors (Lipinski definition) is 1. The standard InChI is InChI=1S/C24H39NOS/c1-15-12-16-13-17(27-18-8-11-25-14-18)6-9-23(16,2)20-7-10-24(3)19(22(15)20)4-5-21(24)26/h15-20,22,25H,4-14H2,1-3H3/t15-,16?,17-,18-,19+,20+,22+,23+,24+/m1/s1. The lowest BCUT2D eigenvalue weighted by Gasteiger charge is -2.62. The van der Waals surface area contributed by atoms with Gasteiger partial charge in [-0.2, -0.15) is 11.8 Å². The Kier molecular flexibility index (Phi) is 4.75. The molecule has 0 amide bonds. The van der Waals surface area contributed by atoms with Crippen LogP contribution in [0.15, 0.2) is 0 Å². The molecule has 2 nitrogen and oxygen atoms in total. The van der Waals surface area contributed by atoms with Crippen molar-refractivity contribution >= 4 is 17.5 Å². The predicted octanol–water partition coefficient (Wildman–Crippen LogP) is 5.31. The minimum Gasteiger partial charge on any atom is -0.316 e. The molecule has 1 heterocycles. The van der Waals surface area contributed by atoms with E-state index in [2.05, 4.69) is 37.8 Å². The Bertz CT molecular complexity index is 601. The van der Waals surface area contributed by atoms with E-state index in [1.54, 1.807) is 0 Å². The molecular weight excluding hydrogens is 350 g/mol. The fourth-order valence-electron chi connectivity index (χ4n) is 8.51. The van der Waals surface area contributed by atoms with Crippen LogP contribution in [0.25, 0.3) is 0 Å². The molecule has 0 bridgehead atoms. The molecule has 1 N–H and O–H groups in total. The van der Waals surface area contributed by atoms with Crippen molar-refractivity contribution in [3.63, 3.8) is 0 Å². The fourth-order valence-corrected chi connectivity index (χ4v) is 10.1. The number of thioether (sulfide) groups is 1. The van der Waals surface area contributed by atoms with Crippen molar-refractivity contribution in [2.45, 2.75) is 89.1 Å². The van der Waals surface area contributed by atoms with E-state index in [4.69, 9.17) is 0 Å². The molecule has 27 heavy (non-hydrogen) atoms. The van der Waals surface area contributed by atoms with Gasteiger partial charge in [0.1, 0.15) is 5.78 Å². The van der Waals surface area contributed by atoms with Crippen molar-refractivity contribution in [2.75, 3.05) is 13.1 Å². The maximum absolute atomic E-state index is 12.7. The van der Waals surface area contributed by atoms with Crippen molar-refractivity contribution in [2.24, 2.45) is 40.4 Å². The summed E-state index contributed by atoms with van der Waals surface area (Å²) >= 11 is 2.32.